The number of benzene rings is 1. The molecule has 1 aromatic carbocycles. The number of hydrogen-bond acceptors (Lipinski definition) is 2. The fraction of sp³-hybridized carbons (Fsp3) is 0.182. The molecule has 0 aromatic heterocycles. The van der Waals surface area contributed by atoms with Crippen LogP contribution in [0.3, 0.4) is 0 Å². The Kier molecular flexibility index (Phi) is 3.97. The van der Waals surface area contributed by atoms with Crippen molar-refractivity contribution in [1.29, 1.82) is 0 Å². The second-order valence-corrected chi connectivity index (χ2v) is 2.95. The van der Waals surface area contributed by atoms with Crippen molar-refractivity contribution in [3.8, 4) is 0 Å². The van der Waals surface area contributed by atoms with Crippen molar-refractivity contribution in [2.24, 2.45) is 10.7 Å². The van der Waals surface area contributed by atoms with Gasteiger partial charge in [0.05, 0.1) is 5.69 Å². The molecular weight excluding hydrogens is 198 g/mol. The van der Waals surface area contributed by atoms with Gasteiger partial charge in [-0.25, -0.2) is 8.78 Å². The van der Waals surface area contributed by atoms with Gasteiger partial charge in [-0.05, 0) is 30.3 Å². The standard InChI is InChI=1S/C11H12F2N2/c1-2-8(6-14)7-15-11-4-3-9(12)5-10(11)13/h3-7H,2,14H2,1H3. The summed E-state index contributed by atoms with van der Waals surface area (Å²) in [4.78, 5) is 3.87. The van der Waals surface area contributed by atoms with Crippen molar-refractivity contribution in [1.82, 2.24) is 0 Å². The van der Waals surface area contributed by atoms with Crippen LogP contribution in [-0.2, 0) is 0 Å². The summed E-state index contributed by atoms with van der Waals surface area (Å²) < 4.78 is 25.7. The molecule has 0 atom stereocenters. The maximum atomic E-state index is 13.1. The second-order valence-electron chi connectivity index (χ2n) is 2.95. The minimum atomic E-state index is -0.682. The summed E-state index contributed by atoms with van der Waals surface area (Å²) in [6.45, 7) is 1.91. The summed E-state index contributed by atoms with van der Waals surface area (Å²) >= 11 is 0. The highest BCUT2D eigenvalue weighted by Gasteiger charge is 2.00. The van der Waals surface area contributed by atoms with Gasteiger partial charge >= 0.3 is 0 Å². The summed E-state index contributed by atoms with van der Waals surface area (Å²) in [5.41, 5.74) is 6.19. The fourth-order valence-corrected chi connectivity index (χ4v) is 0.991. The van der Waals surface area contributed by atoms with Crippen LogP contribution in [0.15, 0.2) is 35.0 Å². The topological polar surface area (TPSA) is 38.4 Å². The van der Waals surface area contributed by atoms with E-state index in [1.165, 1.54) is 18.5 Å². The zero-order chi connectivity index (χ0) is 11.3. The molecule has 0 aliphatic rings. The van der Waals surface area contributed by atoms with E-state index in [2.05, 4.69) is 4.99 Å². The van der Waals surface area contributed by atoms with Crippen molar-refractivity contribution >= 4 is 11.9 Å². The largest absolute Gasteiger partial charge is 0.404 e. The lowest BCUT2D eigenvalue weighted by Crippen LogP contribution is -1.89. The van der Waals surface area contributed by atoms with Crippen molar-refractivity contribution in [3.05, 3.63) is 41.6 Å². The lowest BCUT2D eigenvalue weighted by atomic mass is 10.2. The molecule has 0 heterocycles. The number of hydrogen-bond donors (Lipinski definition) is 1. The molecule has 80 valence electrons. The maximum Gasteiger partial charge on any atom is 0.151 e. The predicted molar refractivity (Wildman–Crippen MR) is 57.1 cm³/mol. The Bertz CT molecular complexity index is 398. The molecule has 0 saturated carbocycles. The molecular formula is C11H12F2N2. The lowest BCUT2D eigenvalue weighted by molar-refractivity contribution is 0.585. The molecule has 0 spiro atoms. The highest BCUT2D eigenvalue weighted by molar-refractivity contribution is 5.80. The zero-order valence-corrected chi connectivity index (χ0v) is 8.37. The minimum Gasteiger partial charge on any atom is -0.404 e. The van der Waals surface area contributed by atoms with Crippen LogP contribution in [0.2, 0.25) is 0 Å². The highest BCUT2D eigenvalue weighted by atomic mass is 19.1. The van der Waals surface area contributed by atoms with Crippen molar-refractivity contribution < 1.29 is 8.78 Å². The smallest absolute Gasteiger partial charge is 0.151 e. The maximum absolute atomic E-state index is 13.1. The molecule has 0 aliphatic carbocycles. The highest BCUT2D eigenvalue weighted by Crippen LogP contribution is 2.18. The molecule has 1 aromatic rings. The first-order valence-electron chi connectivity index (χ1n) is 4.57. The van der Waals surface area contributed by atoms with Gasteiger partial charge in [-0.2, -0.15) is 0 Å². The number of allylic oxidation sites excluding steroid dienone is 1. The number of nitrogens with two attached hydrogens (primary N) is 1. The first-order valence-corrected chi connectivity index (χ1v) is 4.57. The van der Waals surface area contributed by atoms with Crippen molar-refractivity contribution in [2.45, 2.75) is 13.3 Å². The normalized spacial score (nSPS) is 12.3. The van der Waals surface area contributed by atoms with Crippen LogP contribution < -0.4 is 5.73 Å². The molecule has 0 bridgehead atoms. The van der Waals surface area contributed by atoms with E-state index >= 15 is 0 Å². The van der Waals surface area contributed by atoms with Gasteiger partial charge in [0.25, 0.3) is 0 Å². The van der Waals surface area contributed by atoms with Crippen LogP contribution >= 0.6 is 0 Å². The third-order valence-corrected chi connectivity index (χ3v) is 1.90. The van der Waals surface area contributed by atoms with Gasteiger partial charge in [0.1, 0.15) is 5.82 Å². The summed E-state index contributed by atoms with van der Waals surface area (Å²) in [6.07, 6.45) is 3.59. The lowest BCUT2D eigenvalue weighted by Gasteiger charge is -1.97. The van der Waals surface area contributed by atoms with Gasteiger partial charge in [-0.1, -0.05) is 6.92 Å². The SMILES string of the molecule is CCC(C=Nc1ccc(F)cc1F)=CN. The first-order chi connectivity index (χ1) is 7.17. The fourth-order valence-electron chi connectivity index (χ4n) is 0.991. The molecule has 0 fully saturated rings. The Hall–Kier alpha value is -1.71. The van der Waals surface area contributed by atoms with E-state index in [-0.39, 0.29) is 5.69 Å². The Morgan fingerprint density at radius 1 is 1.47 bits per heavy atom. The van der Waals surface area contributed by atoms with Crippen LogP contribution in [0.5, 0.6) is 0 Å². The number of aliphatic imine (C=N–C) groups is 1. The predicted octanol–water partition coefficient (Wildman–Crippen LogP) is 2.92. The quantitative estimate of drug-likeness (QED) is 0.765. The van der Waals surface area contributed by atoms with Gasteiger partial charge in [0.2, 0.25) is 0 Å². The third-order valence-electron chi connectivity index (χ3n) is 1.90. The van der Waals surface area contributed by atoms with Crippen LogP contribution in [0, 0.1) is 11.6 Å². The van der Waals surface area contributed by atoms with Crippen LogP contribution in [0.25, 0.3) is 0 Å². The van der Waals surface area contributed by atoms with E-state index in [0.717, 1.165) is 17.7 Å². The van der Waals surface area contributed by atoms with Crippen LogP contribution in [0.4, 0.5) is 14.5 Å². The molecule has 2 nitrogen and oxygen atoms in total. The second kappa shape index (κ2) is 5.24. The van der Waals surface area contributed by atoms with E-state index in [9.17, 15) is 8.78 Å². The van der Waals surface area contributed by atoms with Gasteiger partial charge in [0.15, 0.2) is 5.82 Å². The minimum absolute atomic E-state index is 0.101. The van der Waals surface area contributed by atoms with E-state index < -0.39 is 11.6 Å². The van der Waals surface area contributed by atoms with Crippen LogP contribution in [-0.4, -0.2) is 6.21 Å². The molecule has 1 rings (SSSR count). The summed E-state index contributed by atoms with van der Waals surface area (Å²) in [7, 11) is 0. The van der Waals surface area contributed by atoms with E-state index in [0.29, 0.717) is 6.42 Å². The number of rotatable bonds is 3. The Labute approximate surface area is 87.1 Å². The number of halogens is 2. The Balaban J connectivity index is 2.90. The summed E-state index contributed by atoms with van der Waals surface area (Å²) in [5, 5.41) is 0. The van der Waals surface area contributed by atoms with Crippen molar-refractivity contribution in [2.75, 3.05) is 0 Å². The molecule has 0 saturated heterocycles. The molecule has 0 radical (unpaired) electrons. The molecule has 0 aliphatic heterocycles. The van der Waals surface area contributed by atoms with Gasteiger partial charge < -0.3 is 5.73 Å². The first kappa shape index (κ1) is 11.4. The zero-order valence-electron chi connectivity index (χ0n) is 8.37. The Morgan fingerprint density at radius 2 is 2.20 bits per heavy atom. The van der Waals surface area contributed by atoms with Crippen LogP contribution in [0.1, 0.15) is 13.3 Å². The molecule has 15 heavy (non-hydrogen) atoms. The molecule has 0 unspecified atom stereocenters. The van der Waals surface area contributed by atoms with Gasteiger partial charge in [-0.3, -0.25) is 4.99 Å². The van der Waals surface area contributed by atoms with E-state index in [1.54, 1.807) is 0 Å². The summed E-state index contributed by atoms with van der Waals surface area (Å²) in [5.74, 6) is -1.30. The average molecular weight is 210 g/mol. The average Bonchev–Trinajstić information content (AvgIpc) is 2.22. The molecule has 0 amide bonds. The van der Waals surface area contributed by atoms with E-state index in [1.807, 2.05) is 6.92 Å². The monoisotopic (exact) mass is 210 g/mol. The molecule has 2 N–H and O–H groups in total. The number of nitrogens with zero attached hydrogens (tertiary/aromatic N) is 1. The van der Waals surface area contributed by atoms with E-state index in [4.69, 9.17) is 5.73 Å². The van der Waals surface area contributed by atoms with Gasteiger partial charge in [-0.15, -0.1) is 0 Å². The van der Waals surface area contributed by atoms with Crippen molar-refractivity contribution in [3.63, 3.8) is 0 Å². The van der Waals surface area contributed by atoms with Gasteiger partial charge in [0, 0.05) is 12.3 Å². The third kappa shape index (κ3) is 3.16. The molecule has 4 heteroatoms. The summed E-state index contributed by atoms with van der Waals surface area (Å²) in [6, 6.07) is 3.24. The Morgan fingerprint density at radius 3 is 2.73 bits per heavy atom.